The van der Waals surface area contributed by atoms with Gasteiger partial charge in [0.2, 0.25) is 6.79 Å². The quantitative estimate of drug-likeness (QED) is 0.185. The van der Waals surface area contributed by atoms with E-state index in [0.717, 1.165) is 26.0 Å². The topological polar surface area (TPSA) is 18.5 Å². The first-order chi connectivity index (χ1) is 20.6. The second kappa shape index (κ2) is 10.0. The largest absolute Gasteiger partial charge is 0.454 e. The van der Waals surface area contributed by atoms with E-state index in [1.165, 1.54) is 50.1 Å². The Hall–Kier alpha value is -4.12. The van der Waals surface area contributed by atoms with Crippen LogP contribution >= 0.6 is 31.9 Å². The second-order valence-corrected chi connectivity index (χ2v) is 12.5. The van der Waals surface area contributed by atoms with E-state index in [2.05, 4.69) is 165 Å². The van der Waals surface area contributed by atoms with Crippen molar-refractivity contribution in [3.05, 3.63) is 165 Å². The van der Waals surface area contributed by atoms with Gasteiger partial charge in [0.15, 0.2) is 11.5 Å². The highest BCUT2D eigenvalue weighted by molar-refractivity contribution is 9.10. The minimum absolute atomic E-state index is 0.229. The lowest BCUT2D eigenvalue weighted by Crippen LogP contribution is -2.28. The van der Waals surface area contributed by atoms with E-state index < -0.39 is 5.41 Å². The van der Waals surface area contributed by atoms with E-state index in [9.17, 15) is 0 Å². The molecule has 0 aromatic heterocycles. The predicted octanol–water partition coefficient (Wildman–Crippen LogP) is 10.6. The monoisotopic (exact) mass is 670 g/mol. The number of hydrogen-bond donors (Lipinski definition) is 0. The van der Waals surface area contributed by atoms with Crippen LogP contribution < -0.4 is 9.47 Å². The first kappa shape index (κ1) is 25.6. The molecule has 1 heterocycles. The molecule has 0 saturated heterocycles. The second-order valence-electron chi connectivity index (χ2n) is 10.7. The van der Waals surface area contributed by atoms with Crippen molar-refractivity contribution in [2.75, 3.05) is 6.79 Å². The SMILES string of the molecule is Brc1cccc(C2(c3cccc(Br)c3)c3cc4c(cc3-c3c(-c5cccc(-c6ccccc6)c5)cccc32)OCO4)c1. The van der Waals surface area contributed by atoms with Crippen LogP contribution in [0.1, 0.15) is 22.3 Å². The van der Waals surface area contributed by atoms with Crippen molar-refractivity contribution >= 4 is 31.9 Å². The van der Waals surface area contributed by atoms with Crippen molar-refractivity contribution in [3.8, 4) is 44.9 Å². The summed E-state index contributed by atoms with van der Waals surface area (Å²) in [6.07, 6.45) is 0. The van der Waals surface area contributed by atoms with Gasteiger partial charge < -0.3 is 9.47 Å². The van der Waals surface area contributed by atoms with Crippen LogP contribution in [0.2, 0.25) is 0 Å². The maximum atomic E-state index is 5.97. The molecule has 1 aliphatic carbocycles. The van der Waals surface area contributed by atoms with Gasteiger partial charge >= 0.3 is 0 Å². The van der Waals surface area contributed by atoms with Crippen LogP contribution in [0.4, 0.5) is 0 Å². The first-order valence-corrected chi connectivity index (χ1v) is 15.5. The van der Waals surface area contributed by atoms with Gasteiger partial charge in [0.1, 0.15) is 0 Å². The average molecular weight is 672 g/mol. The van der Waals surface area contributed by atoms with Crippen molar-refractivity contribution < 1.29 is 9.47 Å². The molecule has 0 atom stereocenters. The Morgan fingerprint density at radius 1 is 0.476 bits per heavy atom. The summed E-state index contributed by atoms with van der Waals surface area (Å²) in [6, 6.07) is 47.9. The van der Waals surface area contributed by atoms with Crippen LogP contribution in [0.3, 0.4) is 0 Å². The van der Waals surface area contributed by atoms with Crippen LogP contribution in [0.15, 0.2) is 142 Å². The van der Waals surface area contributed by atoms with Crippen LogP contribution in [-0.4, -0.2) is 6.79 Å². The van der Waals surface area contributed by atoms with Gasteiger partial charge in [0.05, 0.1) is 5.41 Å². The summed E-state index contributed by atoms with van der Waals surface area (Å²) in [5.41, 5.74) is 11.4. The fourth-order valence-corrected chi connectivity index (χ4v) is 7.53. The van der Waals surface area contributed by atoms with Crippen molar-refractivity contribution in [2.45, 2.75) is 5.41 Å². The molecule has 0 radical (unpaired) electrons. The molecular formula is C38H24Br2O2. The average Bonchev–Trinajstić information content (AvgIpc) is 3.61. The van der Waals surface area contributed by atoms with E-state index in [-0.39, 0.29) is 6.79 Å². The lowest BCUT2D eigenvalue weighted by atomic mass is 9.67. The van der Waals surface area contributed by atoms with E-state index in [4.69, 9.17) is 9.47 Å². The third kappa shape index (κ3) is 3.89. The first-order valence-electron chi connectivity index (χ1n) is 13.9. The number of hydrogen-bond acceptors (Lipinski definition) is 2. The molecule has 0 amide bonds. The van der Waals surface area contributed by atoms with Gasteiger partial charge in [0, 0.05) is 8.95 Å². The summed E-state index contributed by atoms with van der Waals surface area (Å²) >= 11 is 7.55. The molecule has 8 rings (SSSR count). The molecular weight excluding hydrogens is 648 g/mol. The van der Waals surface area contributed by atoms with Gasteiger partial charge in [-0.1, -0.05) is 123 Å². The molecule has 2 nitrogen and oxygen atoms in total. The van der Waals surface area contributed by atoms with Crippen molar-refractivity contribution in [1.29, 1.82) is 0 Å². The fraction of sp³-hybridized carbons (Fsp3) is 0.0526. The molecule has 4 heteroatoms. The lowest BCUT2D eigenvalue weighted by molar-refractivity contribution is 0.174. The molecule has 0 spiro atoms. The maximum absolute atomic E-state index is 5.97. The van der Waals surface area contributed by atoms with Gasteiger partial charge in [-0.3, -0.25) is 0 Å². The van der Waals surface area contributed by atoms with E-state index in [1.807, 2.05) is 0 Å². The Morgan fingerprint density at radius 3 is 1.81 bits per heavy atom. The standard InChI is InChI=1S/C38H24Br2O2/c39-29-14-5-12-27(19-29)38(28-13-6-15-30(40)20-28)33-17-7-16-31(26-11-4-10-25(18-26)24-8-2-1-3-9-24)37(33)32-21-35-36(22-34(32)38)42-23-41-35/h1-22H,23H2. The van der Waals surface area contributed by atoms with E-state index >= 15 is 0 Å². The number of ether oxygens (including phenoxy) is 2. The van der Waals surface area contributed by atoms with Crippen molar-refractivity contribution in [1.82, 2.24) is 0 Å². The Balaban J connectivity index is 1.48. The predicted molar refractivity (Wildman–Crippen MR) is 176 cm³/mol. The molecule has 0 unspecified atom stereocenters. The summed E-state index contributed by atoms with van der Waals surface area (Å²) in [5, 5.41) is 0. The van der Waals surface area contributed by atoms with Crippen LogP contribution in [0, 0.1) is 0 Å². The highest BCUT2D eigenvalue weighted by Crippen LogP contribution is 2.60. The lowest BCUT2D eigenvalue weighted by Gasteiger charge is -2.34. The van der Waals surface area contributed by atoms with Crippen molar-refractivity contribution in [2.24, 2.45) is 0 Å². The Bertz CT molecular complexity index is 1950. The normalized spacial score (nSPS) is 14.0. The minimum atomic E-state index is -0.577. The zero-order valence-electron chi connectivity index (χ0n) is 22.5. The van der Waals surface area contributed by atoms with Gasteiger partial charge in [-0.2, -0.15) is 0 Å². The number of fused-ring (bicyclic) bond motifs is 4. The molecule has 0 fully saturated rings. The van der Waals surface area contributed by atoms with Gasteiger partial charge in [-0.25, -0.2) is 0 Å². The number of halogens is 2. The van der Waals surface area contributed by atoms with Gasteiger partial charge in [-0.15, -0.1) is 0 Å². The van der Waals surface area contributed by atoms with Gasteiger partial charge in [-0.05, 0) is 98.1 Å². The van der Waals surface area contributed by atoms with Crippen LogP contribution in [0.5, 0.6) is 11.5 Å². The summed E-state index contributed by atoms with van der Waals surface area (Å²) in [7, 11) is 0. The summed E-state index contributed by atoms with van der Waals surface area (Å²) < 4.78 is 14.0. The van der Waals surface area contributed by atoms with E-state index in [0.29, 0.717) is 0 Å². The third-order valence-corrected chi connectivity index (χ3v) is 9.44. The van der Waals surface area contributed by atoms with Crippen molar-refractivity contribution in [3.63, 3.8) is 0 Å². The highest BCUT2D eigenvalue weighted by Gasteiger charge is 2.48. The molecule has 6 aromatic rings. The molecule has 0 N–H and O–H groups in total. The number of benzene rings is 6. The van der Waals surface area contributed by atoms with E-state index in [1.54, 1.807) is 0 Å². The molecule has 42 heavy (non-hydrogen) atoms. The summed E-state index contributed by atoms with van der Waals surface area (Å²) in [6.45, 7) is 0.229. The van der Waals surface area contributed by atoms with Crippen LogP contribution in [0.25, 0.3) is 33.4 Å². The summed E-state index contributed by atoms with van der Waals surface area (Å²) in [5.74, 6) is 1.57. The Kier molecular flexibility index (Phi) is 6.09. The highest BCUT2D eigenvalue weighted by atomic mass is 79.9. The number of rotatable bonds is 4. The Labute approximate surface area is 261 Å². The molecule has 1 aliphatic heterocycles. The maximum Gasteiger partial charge on any atom is 0.231 e. The van der Waals surface area contributed by atoms with Crippen LogP contribution in [-0.2, 0) is 5.41 Å². The zero-order chi connectivity index (χ0) is 28.3. The summed E-state index contributed by atoms with van der Waals surface area (Å²) in [4.78, 5) is 0. The zero-order valence-corrected chi connectivity index (χ0v) is 25.7. The molecule has 6 aromatic carbocycles. The minimum Gasteiger partial charge on any atom is -0.454 e. The smallest absolute Gasteiger partial charge is 0.231 e. The fourth-order valence-electron chi connectivity index (χ4n) is 6.73. The molecule has 0 bridgehead atoms. The molecule has 0 saturated carbocycles. The molecule has 202 valence electrons. The third-order valence-electron chi connectivity index (χ3n) is 8.45. The Morgan fingerprint density at radius 2 is 1.10 bits per heavy atom. The molecule has 2 aliphatic rings. The van der Waals surface area contributed by atoms with Gasteiger partial charge in [0.25, 0.3) is 0 Å².